The molecule has 0 saturated heterocycles. The highest BCUT2D eigenvalue weighted by molar-refractivity contribution is 6.08. The van der Waals surface area contributed by atoms with Crippen molar-refractivity contribution in [2.45, 2.75) is 6.92 Å². The minimum atomic E-state index is -1.18. The van der Waals surface area contributed by atoms with Crippen LogP contribution in [0.1, 0.15) is 33.2 Å². The number of carbonyl (C=O) groups excluding carboxylic acids is 1. The highest BCUT2D eigenvalue weighted by Crippen LogP contribution is 2.26. The van der Waals surface area contributed by atoms with Crippen LogP contribution in [0.15, 0.2) is 73.0 Å². The second kappa shape index (κ2) is 10.4. The molecule has 0 spiro atoms. The van der Waals surface area contributed by atoms with Crippen LogP contribution in [0.4, 0.5) is 0 Å². The Hall–Kier alpha value is -4.13. The van der Waals surface area contributed by atoms with Crippen molar-refractivity contribution in [3.63, 3.8) is 0 Å². The zero-order valence-corrected chi connectivity index (χ0v) is 16.2. The Balaban J connectivity index is 2.23. The summed E-state index contributed by atoms with van der Waals surface area (Å²) < 4.78 is 10.7. The number of benzene rings is 2. The molecule has 7 nitrogen and oxygen atoms in total. The van der Waals surface area contributed by atoms with Gasteiger partial charge in [-0.15, -0.1) is 0 Å². The topological polar surface area (TPSA) is 110 Å². The Labute approximate surface area is 173 Å². The molecule has 2 N–H and O–H groups in total. The first-order valence-electron chi connectivity index (χ1n) is 8.79. The van der Waals surface area contributed by atoms with Crippen LogP contribution in [0.3, 0.4) is 0 Å². The molecule has 0 saturated carbocycles. The molecule has 7 heteroatoms. The molecule has 0 aliphatic carbocycles. The van der Waals surface area contributed by atoms with E-state index in [9.17, 15) is 14.4 Å². The van der Waals surface area contributed by atoms with Crippen LogP contribution in [-0.4, -0.2) is 34.5 Å². The lowest BCUT2D eigenvalue weighted by Crippen LogP contribution is -2.11. The van der Waals surface area contributed by atoms with Crippen LogP contribution in [0.2, 0.25) is 0 Å². The van der Waals surface area contributed by atoms with Gasteiger partial charge in [0.15, 0.2) is 12.4 Å². The molecule has 154 valence electrons. The first kappa shape index (κ1) is 22.2. The van der Waals surface area contributed by atoms with E-state index >= 15 is 0 Å². The molecule has 0 unspecified atom stereocenters. The van der Waals surface area contributed by atoms with E-state index in [2.05, 4.69) is 6.58 Å². The quantitative estimate of drug-likeness (QED) is 0.262. The van der Waals surface area contributed by atoms with E-state index in [0.717, 1.165) is 5.57 Å². The number of carboxylic acid groups (broad SMARTS) is 2. The predicted octanol–water partition coefficient (Wildman–Crippen LogP) is 4.21. The van der Waals surface area contributed by atoms with Gasteiger partial charge in [0, 0.05) is 6.07 Å². The standard InChI is InChI=1S/C23H20O7/c1-15(2)11-12-29-18-8-9-19(21(13-18)30-14-22(25)26)20(24)10-5-16-3-6-17(7-4-16)23(27)28/h3-13H,1,14H2,2H3,(H,25,26)(H,27,28)/b10-5+,12-11+. The number of carbonyl (C=O) groups is 3. The van der Waals surface area contributed by atoms with Gasteiger partial charge in [-0.3, -0.25) is 4.79 Å². The van der Waals surface area contributed by atoms with Crippen LogP contribution in [0.25, 0.3) is 6.08 Å². The lowest BCUT2D eigenvalue weighted by molar-refractivity contribution is -0.139. The fourth-order valence-electron chi connectivity index (χ4n) is 2.27. The molecule has 0 aliphatic rings. The molecule has 0 heterocycles. The smallest absolute Gasteiger partial charge is 0.341 e. The molecule has 0 aliphatic heterocycles. The zero-order valence-electron chi connectivity index (χ0n) is 16.2. The normalized spacial score (nSPS) is 10.8. The van der Waals surface area contributed by atoms with E-state index in [-0.39, 0.29) is 16.9 Å². The van der Waals surface area contributed by atoms with Crippen LogP contribution >= 0.6 is 0 Å². The van der Waals surface area contributed by atoms with Crippen LogP contribution < -0.4 is 9.47 Å². The Bertz CT molecular complexity index is 1010. The highest BCUT2D eigenvalue weighted by Gasteiger charge is 2.13. The van der Waals surface area contributed by atoms with Crippen LogP contribution in [0, 0.1) is 0 Å². The minimum absolute atomic E-state index is 0.0644. The number of ether oxygens (including phenoxy) is 2. The summed E-state index contributed by atoms with van der Waals surface area (Å²) in [6.07, 6.45) is 5.88. The van der Waals surface area contributed by atoms with Crippen molar-refractivity contribution in [1.82, 2.24) is 0 Å². The first-order chi connectivity index (χ1) is 14.3. The number of hydrogen-bond donors (Lipinski definition) is 2. The Morgan fingerprint density at radius 1 is 1.03 bits per heavy atom. The number of allylic oxidation sites excluding steroid dienone is 3. The van der Waals surface area contributed by atoms with Crippen molar-refractivity contribution in [2.24, 2.45) is 0 Å². The van der Waals surface area contributed by atoms with Gasteiger partial charge < -0.3 is 19.7 Å². The number of rotatable bonds is 10. The van der Waals surface area contributed by atoms with Crippen molar-refractivity contribution in [1.29, 1.82) is 0 Å². The third-order valence-corrected chi connectivity index (χ3v) is 3.71. The number of aromatic carboxylic acids is 1. The molecule has 0 fully saturated rings. The Kier molecular flexibility index (Phi) is 7.70. The second-order valence-corrected chi connectivity index (χ2v) is 6.23. The van der Waals surface area contributed by atoms with Gasteiger partial charge in [0.25, 0.3) is 0 Å². The average molecular weight is 408 g/mol. The summed E-state index contributed by atoms with van der Waals surface area (Å²) >= 11 is 0. The lowest BCUT2D eigenvalue weighted by atomic mass is 10.1. The summed E-state index contributed by atoms with van der Waals surface area (Å²) in [5.41, 5.74) is 1.71. The number of carboxylic acids is 2. The number of aliphatic carboxylic acids is 1. The third kappa shape index (κ3) is 6.79. The van der Waals surface area contributed by atoms with E-state index in [1.165, 1.54) is 42.7 Å². The summed E-state index contributed by atoms with van der Waals surface area (Å²) in [5.74, 6) is -2.22. The van der Waals surface area contributed by atoms with Crippen molar-refractivity contribution >= 4 is 23.8 Å². The number of ketones is 1. The molecule has 2 aromatic carbocycles. The lowest BCUT2D eigenvalue weighted by Gasteiger charge is -2.10. The van der Waals surface area contributed by atoms with Gasteiger partial charge in [-0.2, -0.15) is 0 Å². The maximum atomic E-state index is 12.6. The van der Waals surface area contributed by atoms with Gasteiger partial charge in [0.1, 0.15) is 11.5 Å². The van der Waals surface area contributed by atoms with Crippen molar-refractivity contribution in [3.8, 4) is 11.5 Å². The van der Waals surface area contributed by atoms with Gasteiger partial charge in [-0.05, 0) is 48.9 Å². The van der Waals surface area contributed by atoms with Gasteiger partial charge in [0.2, 0.25) is 0 Å². The largest absolute Gasteiger partial charge is 0.481 e. The van der Waals surface area contributed by atoms with Gasteiger partial charge in [-0.25, -0.2) is 9.59 Å². The van der Waals surface area contributed by atoms with Crippen molar-refractivity contribution in [3.05, 3.63) is 89.7 Å². The molecule has 0 aromatic heterocycles. The van der Waals surface area contributed by atoms with E-state index in [4.69, 9.17) is 19.7 Å². The van der Waals surface area contributed by atoms with Crippen LogP contribution in [-0.2, 0) is 4.79 Å². The van der Waals surface area contributed by atoms with Gasteiger partial charge in [0.05, 0.1) is 17.4 Å². The molecule has 2 aromatic rings. The second-order valence-electron chi connectivity index (χ2n) is 6.23. The summed E-state index contributed by atoms with van der Waals surface area (Å²) in [5, 5.41) is 17.8. The highest BCUT2D eigenvalue weighted by atomic mass is 16.5. The summed E-state index contributed by atoms with van der Waals surface area (Å²) in [7, 11) is 0. The molecule has 0 bridgehead atoms. The third-order valence-electron chi connectivity index (χ3n) is 3.71. The summed E-state index contributed by atoms with van der Waals surface area (Å²) in [6.45, 7) is 4.89. The minimum Gasteiger partial charge on any atom is -0.481 e. The monoisotopic (exact) mass is 408 g/mol. The maximum Gasteiger partial charge on any atom is 0.341 e. The zero-order chi connectivity index (χ0) is 22.1. The summed E-state index contributed by atoms with van der Waals surface area (Å²) in [6, 6.07) is 10.5. The molecule has 30 heavy (non-hydrogen) atoms. The maximum absolute atomic E-state index is 12.6. The van der Waals surface area contributed by atoms with Crippen molar-refractivity contribution < 1.29 is 34.1 Å². The molecule has 0 amide bonds. The molecule has 0 radical (unpaired) electrons. The Morgan fingerprint density at radius 3 is 2.33 bits per heavy atom. The first-order valence-corrected chi connectivity index (χ1v) is 8.79. The van der Waals surface area contributed by atoms with Crippen molar-refractivity contribution in [2.75, 3.05) is 6.61 Å². The predicted molar refractivity (Wildman–Crippen MR) is 111 cm³/mol. The molecule has 0 atom stereocenters. The summed E-state index contributed by atoms with van der Waals surface area (Å²) in [4.78, 5) is 34.3. The van der Waals surface area contributed by atoms with Crippen LogP contribution in [0.5, 0.6) is 11.5 Å². The van der Waals surface area contributed by atoms with E-state index in [1.54, 1.807) is 31.2 Å². The molecule has 2 rings (SSSR count). The average Bonchev–Trinajstić information content (AvgIpc) is 2.70. The fraction of sp³-hybridized carbons (Fsp3) is 0.0870. The fourth-order valence-corrected chi connectivity index (χ4v) is 2.27. The van der Waals surface area contributed by atoms with Gasteiger partial charge in [-0.1, -0.05) is 30.4 Å². The van der Waals surface area contributed by atoms with E-state index < -0.39 is 24.3 Å². The van der Waals surface area contributed by atoms with E-state index in [0.29, 0.717) is 11.3 Å². The molecular weight excluding hydrogens is 388 g/mol. The Morgan fingerprint density at radius 2 is 1.73 bits per heavy atom. The van der Waals surface area contributed by atoms with E-state index in [1.807, 2.05) is 0 Å². The van der Waals surface area contributed by atoms with Gasteiger partial charge >= 0.3 is 11.9 Å². The SMILES string of the molecule is C=C(C)/C=C/Oc1ccc(C(=O)/C=C/c2ccc(C(=O)O)cc2)c(OCC(=O)O)c1. The number of hydrogen-bond acceptors (Lipinski definition) is 5. The molecular formula is C23H20O7.